The van der Waals surface area contributed by atoms with Crippen LogP contribution in [0.5, 0.6) is 11.5 Å². The van der Waals surface area contributed by atoms with Crippen LogP contribution in [0.25, 0.3) is 0 Å². The minimum Gasteiger partial charge on any atom is -0.543 e. The number of nitrogens with two attached hydrogens (primary N) is 1. The summed E-state index contributed by atoms with van der Waals surface area (Å²) in [6, 6.07) is 1.37. The molecule has 0 radical (unpaired) electrons. The number of hydrogen-bond acceptors (Lipinski definition) is 10. The van der Waals surface area contributed by atoms with Crippen LogP contribution in [0.2, 0.25) is 18.1 Å². The van der Waals surface area contributed by atoms with Gasteiger partial charge in [0.25, 0.3) is 8.32 Å². The van der Waals surface area contributed by atoms with Gasteiger partial charge in [-0.1, -0.05) is 45.1 Å². The number of aromatic nitrogens is 2. The minimum absolute atomic E-state index is 0.0826. The Morgan fingerprint density at radius 2 is 1.92 bits per heavy atom. The Morgan fingerprint density at radius 1 is 1.29 bits per heavy atom. The number of benzene rings is 1. The van der Waals surface area contributed by atoms with Crippen molar-refractivity contribution < 1.29 is 23.2 Å². The van der Waals surface area contributed by atoms with Gasteiger partial charge in [-0.3, -0.25) is 0 Å². The van der Waals surface area contributed by atoms with Gasteiger partial charge in [0.2, 0.25) is 5.89 Å². The van der Waals surface area contributed by atoms with E-state index in [0.29, 0.717) is 57.2 Å². The highest BCUT2D eigenvalue weighted by Gasteiger charge is 2.46. The summed E-state index contributed by atoms with van der Waals surface area (Å²) in [6.45, 7) is 16.9. The topological polar surface area (TPSA) is 122 Å². The Hall–Kier alpha value is -2.15. The molecule has 2 aromatic rings. The smallest absolute Gasteiger partial charge is 0.338 e. The van der Waals surface area contributed by atoms with Crippen molar-refractivity contribution in [1.82, 2.24) is 15.5 Å². The molecular weight excluding hydrogens is 541 g/mol. The Balaban J connectivity index is 2.73. The summed E-state index contributed by atoms with van der Waals surface area (Å²) in [5.74, 6) is 1.67. The Labute approximate surface area is 238 Å². The lowest BCUT2D eigenvalue weighted by Gasteiger charge is -2.43. The first-order valence-electron chi connectivity index (χ1n) is 12.6. The number of ether oxygens (including phenoxy) is 2. The number of hydrogen-bond donors (Lipinski definition) is 3. The fourth-order valence-electron chi connectivity index (χ4n) is 4.15. The van der Waals surface area contributed by atoms with Crippen molar-refractivity contribution in [1.29, 1.82) is 0 Å². The average Bonchev–Trinajstić information content (AvgIpc) is 3.32. The Kier molecular flexibility index (Phi) is 10.8. The number of nitrogens with zero attached hydrogens (tertiary/aromatic N) is 2. The molecule has 0 spiro atoms. The summed E-state index contributed by atoms with van der Waals surface area (Å²) in [4.78, 5) is 18.1. The van der Waals surface area contributed by atoms with Gasteiger partial charge >= 0.3 is 5.97 Å². The molecule has 2 atom stereocenters. The van der Waals surface area contributed by atoms with Crippen LogP contribution in [-0.2, 0) is 11.3 Å². The van der Waals surface area contributed by atoms with Crippen LogP contribution < -0.4 is 20.2 Å². The number of carbonyl (C=O) groups excluding carboxylic acids is 1. The first-order valence-corrected chi connectivity index (χ1v) is 16.4. The monoisotopic (exact) mass is 582 g/mol. The molecule has 0 aliphatic carbocycles. The van der Waals surface area contributed by atoms with Crippen LogP contribution in [0.1, 0.15) is 85.5 Å². The molecule has 0 fully saturated rings. The van der Waals surface area contributed by atoms with Crippen LogP contribution in [0.15, 0.2) is 10.6 Å². The lowest BCUT2D eigenvalue weighted by Crippen LogP contribution is -2.48. The second kappa shape index (κ2) is 12.8. The number of thiol groups is 1. The number of esters is 1. The van der Waals surface area contributed by atoms with Crippen molar-refractivity contribution in [3.63, 3.8) is 0 Å². The van der Waals surface area contributed by atoms with Gasteiger partial charge in [-0.05, 0) is 44.3 Å². The van der Waals surface area contributed by atoms with Crippen molar-refractivity contribution >= 4 is 44.1 Å². The number of nitrogens with one attached hydrogen (secondary N) is 1. The van der Waals surface area contributed by atoms with Crippen molar-refractivity contribution in [2.75, 3.05) is 14.2 Å². The third-order valence-corrected chi connectivity index (χ3v) is 12.6. The van der Waals surface area contributed by atoms with E-state index in [1.807, 2.05) is 13.0 Å². The van der Waals surface area contributed by atoms with Gasteiger partial charge in [0, 0.05) is 22.4 Å². The predicted molar refractivity (Wildman–Crippen MR) is 159 cm³/mol. The second-order valence-corrected chi connectivity index (χ2v) is 16.5. The maximum atomic E-state index is 13.2. The molecule has 12 heteroatoms. The molecule has 212 valence electrons. The zero-order chi connectivity index (χ0) is 29.0. The molecule has 1 aromatic heterocycles. The molecule has 0 aliphatic rings. The first kappa shape index (κ1) is 32.1. The molecule has 2 unspecified atom stereocenters. The highest BCUT2D eigenvalue weighted by atomic mass is 32.1. The maximum absolute atomic E-state index is 13.2. The molecule has 0 amide bonds. The number of rotatable bonds is 12. The summed E-state index contributed by atoms with van der Waals surface area (Å²) < 4.78 is 23.2. The molecule has 1 heterocycles. The molecule has 0 bridgehead atoms. The molecule has 3 N–H and O–H groups in total. The summed E-state index contributed by atoms with van der Waals surface area (Å²) in [5, 5.41) is 6.55. The minimum atomic E-state index is -2.40. The summed E-state index contributed by atoms with van der Waals surface area (Å²) in [6.07, 6.45) is 0.352. The third kappa shape index (κ3) is 6.88. The van der Waals surface area contributed by atoms with Gasteiger partial charge in [0.05, 0.1) is 31.3 Å². The summed E-state index contributed by atoms with van der Waals surface area (Å²) in [7, 11) is 0.524. The van der Waals surface area contributed by atoms with E-state index in [-0.39, 0.29) is 11.6 Å². The van der Waals surface area contributed by atoms with Gasteiger partial charge in [0.15, 0.2) is 5.82 Å². The van der Waals surface area contributed by atoms with Gasteiger partial charge < -0.3 is 29.5 Å². The standard InChI is InChI=1S/C26H42N4O5S2Si/c1-14(2)26(5,6)38(9,10)35-19-12-18(32-7)15(3)22(25(31)33-8)23(19)20(37)11-17(28-16(4)36)24-29-21(13-27)30-34-24/h12,14,17,20,37H,11,13,27H2,1-10H3,(H,28,36). The highest BCUT2D eigenvalue weighted by molar-refractivity contribution is 7.80. The zero-order valence-electron chi connectivity index (χ0n) is 24.1. The molecule has 38 heavy (non-hydrogen) atoms. The molecule has 2 rings (SSSR count). The van der Waals surface area contributed by atoms with Crippen LogP contribution in [0, 0.1) is 12.8 Å². The molecular formula is C26H42N4O5S2Si. The van der Waals surface area contributed by atoms with E-state index in [4.69, 9.17) is 49.0 Å². The van der Waals surface area contributed by atoms with E-state index in [0.717, 1.165) is 0 Å². The predicted octanol–water partition coefficient (Wildman–Crippen LogP) is 5.69. The van der Waals surface area contributed by atoms with Crippen LogP contribution in [0.3, 0.4) is 0 Å². The van der Waals surface area contributed by atoms with Gasteiger partial charge in [-0.25, -0.2) is 4.79 Å². The van der Waals surface area contributed by atoms with E-state index < -0.39 is 25.6 Å². The van der Waals surface area contributed by atoms with E-state index in [1.165, 1.54) is 7.11 Å². The van der Waals surface area contributed by atoms with E-state index >= 15 is 0 Å². The fraction of sp³-hybridized carbons (Fsp3) is 0.615. The van der Waals surface area contributed by atoms with Crippen LogP contribution >= 0.6 is 24.8 Å². The lowest BCUT2D eigenvalue weighted by atomic mass is 9.94. The summed E-state index contributed by atoms with van der Waals surface area (Å²) in [5.41, 5.74) is 7.30. The average molecular weight is 583 g/mol. The van der Waals surface area contributed by atoms with Crippen molar-refractivity contribution in [3.05, 3.63) is 34.5 Å². The molecule has 0 saturated carbocycles. The third-order valence-electron chi connectivity index (χ3n) is 7.65. The van der Waals surface area contributed by atoms with E-state index in [1.54, 1.807) is 14.0 Å². The number of methoxy groups -OCH3 is 2. The normalized spacial score (nSPS) is 13.7. The van der Waals surface area contributed by atoms with Crippen LogP contribution in [-0.4, -0.2) is 43.6 Å². The number of carbonyl (C=O) groups is 1. The van der Waals surface area contributed by atoms with Crippen molar-refractivity contribution in [2.24, 2.45) is 11.7 Å². The number of thiocarbonyl (C=S) groups is 1. The molecule has 0 saturated heterocycles. The van der Waals surface area contributed by atoms with Crippen molar-refractivity contribution in [3.8, 4) is 11.5 Å². The van der Waals surface area contributed by atoms with Crippen molar-refractivity contribution in [2.45, 2.75) is 83.9 Å². The first-order chi connectivity index (χ1) is 17.6. The SMILES string of the molecule is COC(=O)c1c(C)c(OC)cc(O[Si](C)(C)C(C)(C)C(C)C)c1C(S)CC(NC(C)=S)c1nc(CN)no1. The van der Waals surface area contributed by atoms with E-state index in [2.05, 4.69) is 56.2 Å². The highest BCUT2D eigenvalue weighted by Crippen LogP contribution is 2.48. The lowest BCUT2D eigenvalue weighted by molar-refractivity contribution is 0.0597. The van der Waals surface area contributed by atoms with Gasteiger partial charge in [-0.2, -0.15) is 17.6 Å². The maximum Gasteiger partial charge on any atom is 0.338 e. The largest absolute Gasteiger partial charge is 0.543 e. The van der Waals surface area contributed by atoms with Gasteiger partial charge in [0.1, 0.15) is 17.5 Å². The van der Waals surface area contributed by atoms with E-state index in [9.17, 15) is 4.79 Å². The quantitative estimate of drug-likeness (QED) is 0.124. The summed E-state index contributed by atoms with van der Waals surface area (Å²) >= 11 is 10.3. The zero-order valence-corrected chi connectivity index (χ0v) is 26.8. The Bertz CT molecular complexity index is 1150. The van der Waals surface area contributed by atoms with Crippen LogP contribution in [0.4, 0.5) is 0 Å². The molecule has 9 nitrogen and oxygen atoms in total. The second-order valence-electron chi connectivity index (χ2n) is 10.7. The fourth-order valence-corrected chi connectivity index (χ4v) is 7.13. The Morgan fingerprint density at radius 3 is 2.39 bits per heavy atom. The molecule has 0 aliphatic heterocycles. The molecule has 1 aromatic carbocycles. The van der Waals surface area contributed by atoms with Gasteiger partial charge in [-0.15, -0.1) is 0 Å².